The number of hydrogen-bond acceptors (Lipinski definition) is 4. The number of anilines is 1. The van der Waals surface area contributed by atoms with E-state index in [4.69, 9.17) is 27.9 Å². The van der Waals surface area contributed by atoms with E-state index < -0.39 is 25.1 Å². The Morgan fingerprint density at radius 2 is 1.76 bits per heavy atom. The topological polar surface area (TPSA) is 64.6 Å². The third-order valence-electron chi connectivity index (χ3n) is 2.85. The lowest BCUT2D eigenvalue weighted by atomic mass is 10.2. The van der Waals surface area contributed by atoms with E-state index in [1.807, 2.05) is 0 Å². The van der Waals surface area contributed by atoms with Crippen LogP contribution in [0.5, 0.6) is 5.75 Å². The van der Waals surface area contributed by atoms with Gasteiger partial charge in [0.05, 0.1) is 16.3 Å². The summed E-state index contributed by atoms with van der Waals surface area (Å²) in [4.78, 5) is 23.6. The number of rotatable bonds is 6. The molecule has 2 aromatic rings. The molecule has 5 nitrogen and oxygen atoms in total. The summed E-state index contributed by atoms with van der Waals surface area (Å²) in [5.41, 5.74) is 0.402. The fourth-order valence-corrected chi connectivity index (χ4v) is 2.22. The van der Waals surface area contributed by atoms with Crippen LogP contribution in [0.4, 0.5) is 14.5 Å². The summed E-state index contributed by atoms with van der Waals surface area (Å²) in [5, 5.41) is 3.11. The lowest BCUT2D eigenvalue weighted by Gasteiger charge is -2.09. The van der Waals surface area contributed by atoms with E-state index in [2.05, 4.69) is 10.1 Å². The minimum atomic E-state index is -2.96. The number of carbonyl (C=O) groups excluding carboxylic acids is 2. The quantitative estimate of drug-likeness (QED) is 0.744. The molecule has 0 fully saturated rings. The summed E-state index contributed by atoms with van der Waals surface area (Å²) in [7, 11) is 0. The number of amides is 1. The van der Waals surface area contributed by atoms with Crippen LogP contribution in [-0.2, 0) is 9.53 Å². The number of nitrogens with one attached hydrogen (secondary N) is 1. The monoisotopic (exact) mass is 389 g/mol. The molecule has 132 valence electrons. The minimum absolute atomic E-state index is 0.0824. The Morgan fingerprint density at radius 1 is 1.08 bits per heavy atom. The van der Waals surface area contributed by atoms with Gasteiger partial charge in [0.15, 0.2) is 6.61 Å². The van der Waals surface area contributed by atoms with E-state index in [0.29, 0.717) is 10.7 Å². The average molecular weight is 390 g/mol. The van der Waals surface area contributed by atoms with Crippen molar-refractivity contribution in [3.63, 3.8) is 0 Å². The molecule has 0 heterocycles. The predicted octanol–water partition coefficient (Wildman–Crippen LogP) is 4.39. The maximum Gasteiger partial charge on any atom is 0.387 e. The second-order valence-electron chi connectivity index (χ2n) is 4.65. The molecule has 0 atom stereocenters. The highest BCUT2D eigenvalue weighted by atomic mass is 35.5. The zero-order valence-corrected chi connectivity index (χ0v) is 14.0. The van der Waals surface area contributed by atoms with Gasteiger partial charge in [-0.05, 0) is 42.5 Å². The van der Waals surface area contributed by atoms with Gasteiger partial charge in [-0.2, -0.15) is 8.78 Å². The van der Waals surface area contributed by atoms with Gasteiger partial charge in [0, 0.05) is 5.02 Å². The standard InChI is InChI=1S/C16H11Cl2F2NO4/c17-10-3-6-13(12(18)7-10)21-14(22)8-24-15(23)9-1-4-11(5-2-9)25-16(19)20/h1-7,16H,8H2,(H,21,22). The molecule has 0 aliphatic rings. The lowest BCUT2D eigenvalue weighted by Crippen LogP contribution is -2.21. The zero-order valence-electron chi connectivity index (χ0n) is 12.5. The lowest BCUT2D eigenvalue weighted by molar-refractivity contribution is -0.119. The molecule has 0 saturated carbocycles. The largest absolute Gasteiger partial charge is 0.452 e. The van der Waals surface area contributed by atoms with Crippen LogP contribution in [-0.4, -0.2) is 25.1 Å². The Balaban J connectivity index is 1.87. The van der Waals surface area contributed by atoms with Crippen molar-refractivity contribution >= 4 is 40.8 Å². The SMILES string of the molecule is O=C(COC(=O)c1ccc(OC(F)F)cc1)Nc1ccc(Cl)cc1Cl. The summed E-state index contributed by atoms with van der Waals surface area (Å²) in [5.74, 6) is -1.49. The first-order valence-electron chi connectivity index (χ1n) is 6.82. The number of carbonyl (C=O) groups is 2. The second kappa shape index (κ2) is 8.64. The Morgan fingerprint density at radius 3 is 2.36 bits per heavy atom. The summed E-state index contributed by atoms with van der Waals surface area (Å²) in [6.45, 7) is -3.51. The molecule has 0 aromatic heterocycles. The second-order valence-corrected chi connectivity index (χ2v) is 5.49. The van der Waals surface area contributed by atoms with Gasteiger partial charge in [-0.1, -0.05) is 23.2 Å². The first kappa shape index (κ1) is 19.0. The number of hydrogen-bond donors (Lipinski definition) is 1. The third-order valence-corrected chi connectivity index (χ3v) is 3.40. The molecule has 0 unspecified atom stereocenters. The number of alkyl halides is 2. The van der Waals surface area contributed by atoms with Crippen LogP contribution < -0.4 is 10.1 Å². The molecular weight excluding hydrogens is 379 g/mol. The first-order chi connectivity index (χ1) is 11.8. The van der Waals surface area contributed by atoms with Crippen molar-refractivity contribution in [2.75, 3.05) is 11.9 Å². The molecule has 1 N–H and O–H groups in total. The van der Waals surface area contributed by atoms with Gasteiger partial charge in [0.1, 0.15) is 5.75 Å². The highest BCUT2D eigenvalue weighted by Gasteiger charge is 2.12. The van der Waals surface area contributed by atoms with Crippen molar-refractivity contribution in [1.29, 1.82) is 0 Å². The van der Waals surface area contributed by atoms with Crippen molar-refractivity contribution in [1.82, 2.24) is 0 Å². The molecule has 9 heteroatoms. The van der Waals surface area contributed by atoms with Gasteiger partial charge in [0.25, 0.3) is 5.91 Å². The average Bonchev–Trinajstić information content (AvgIpc) is 2.55. The van der Waals surface area contributed by atoms with Crippen LogP contribution in [0.2, 0.25) is 10.0 Å². The van der Waals surface area contributed by atoms with Gasteiger partial charge in [-0.3, -0.25) is 4.79 Å². The number of ether oxygens (including phenoxy) is 2. The summed E-state index contributed by atoms with van der Waals surface area (Å²) in [6.07, 6.45) is 0. The van der Waals surface area contributed by atoms with Crippen LogP contribution >= 0.6 is 23.2 Å². The predicted molar refractivity (Wildman–Crippen MR) is 88.4 cm³/mol. The van der Waals surface area contributed by atoms with Crippen molar-refractivity contribution in [2.45, 2.75) is 6.61 Å². The summed E-state index contributed by atoms with van der Waals surface area (Å²) in [6, 6.07) is 9.37. The molecule has 0 saturated heterocycles. The molecule has 2 aromatic carbocycles. The van der Waals surface area contributed by atoms with E-state index in [0.717, 1.165) is 0 Å². The highest BCUT2D eigenvalue weighted by molar-refractivity contribution is 6.36. The summed E-state index contributed by atoms with van der Waals surface area (Å²) < 4.78 is 33.1. The maximum absolute atomic E-state index is 12.0. The Hall–Kier alpha value is -2.38. The van der Waals surface area contributed by atoms with Gasteiger partial charge in [-0.25, -0.2) is 4.79 Å². The van der Waals surface area contributed by atoms with Gasteiger partial charge >= 0.3 is 12.6 Å². The maximum atomic E-state index is 12.0. The number of esters is 1. The van der Waals surface area contributed by atoms with Crippen LogP contribution in [0.1, 0.15) is 10.4 Å². The van der Waals surface area contributed by atoms with E-state index in [1.165, 1.54) is 42.5 Å². The van der Waals surface area contributed by atoms with E-state index in [1.54, 1.807) is 0 Å². The zero-order chi connectivity index (χ0) is 18.4. The molecule has 0 aliphatic carbocycles. The van der Waals surface area contributed by atoms with Crippen molar-refractivity contribution in [3.8, 4) is 5.75 Å². The van der Waals surface area contributed by atoms with Gasteiger partial charge in [-0.15, -0.1) is 0 Å². The van der Waals surface area contributed by atoms with Crippen LogP contribution in [0.3, 0.4) is 0 Å². The number of halogens is 4. The molecule has 0 bridgehead atoms. The Labute approximate surface area is 151 Å². The van der Waals surface area contributed by atoms with E-state index in [-0.39, 0.29) is 16.3 Å². The van der Waals surface area contributed by atoms with Gasteiger partial charge in [0.2, 0.25) is 0 Å². The van der Waals surface area contributed by atoms with Gasteiger partial charge < -0.3 is 14.8 Å². The molecule has 25 heavy (non-hydrogen) atoms. The molecule has 0 spiro atoms. The third kappa shape index (κ3) is 5.88. The van der Waals surface area contributed by atoms with Crippen LogP contribution in [0, 0.1) is 0 Å². The van der Waals surface area contributed by atoms with Crippen molar-refractivity contribution in [3.05, 3.63) is 58.1 Å². The fraction of sp³-hybridized carbons (Fsp3) is 0.125. The number of benzene rings is 2. The fourth-order valence-electron chi connectivity index (χ4n) is 1.76. The Kier molecular flexibility index (Phi) is 6.55. The minimum Gasteiger partial charge on any atom is -0.452 e. The first-order valence-corrected chi connectivity index (χ1v) is 7.57. The smallest absolute Gasteiger partial charge is 0.387 e. The molecule has 2 rings (SSSR count). The van der Waals surface area contributed by atoms with Crippen molar-refractivity contribution in [2.24, 2.45) is 0 Å². The molecule has 0 radical (unpaired) electrons. The van der Waals surface area contributed by atoms with Crippen LogP contribution in [0.25, 0.3) is 0 Å². The van der Waals surface area contributed by atoms with E-state index >= 15 is 0 Å². The molecule has 0 aliphatic heterocycles. The molecular formula is C16H11Cl2F2NO4. The summed E-state index contributed by atoms with van der Waals surface area (Å²) >= 11 is 11.7. The Bertz CT molecular complexity index is 769. The molecule has 1 amide bonds. The van der Waals surface area contributed by atoms with Crippen LogP contribution in [0.15, 0.2) is 42.5 Å². The highest BCUT2D eigenvalue weighted by Crippen LogP contribution is 2.25. The van der Waals surface area contributed by atoms with E-state index in [9.17, 15) is 18.4 Å². The normalized spacial score (nSPS) is 10.4. The van der Waals surface area contributed by atoms with Crippen molar-refractivity contribution < 1.29 is 27.8 Å².